The molecule has 2 aliphatic heterocycles. The predicted molar refractivity (Wildman–Crippen MR) is 158 cm³/mol. The maximum absolute atomic E-state index is 9.91. The molecule has 202 valence electrons. The van der Waals surface area contributed by atoms with Gasteiger partial charge in [0.05, 0.1) is 16.9 Å². The number of benzene rings is 1. The van der Waals surface area contributed by atoms with Crippen molar-refractivity contribution in [3.63, 3.8) is 0 Å². The van der Waals surface area contributed by atoms with Crippen LogP contribution in [-0.2, 0) is 6.42 Å². The zero-order valence-corrected chi connectivity index (χ0v) is 23.9. The molecule has 4 aromatic heterocycles. The average Bonchev–Trinajstić information content (AvgIpc) is 3.66. The number of nitriles is 1. The van der Waals surface area contributed by atoms with Crippen molar-refractivity contribution in [2.45, 2.75) is 27.2 Å². The maximum Gasteiger partial charge on any atom is 0.191 e. The number of oxazole rings is 1. The van der Waals surface area contributed by atoms with Crippen molar-refractivity contribution in [2.24, 2.45) is 5.41 Å². The van der Waals surface area contributed by atoms with E-state index < -0.39 is 0 Å². The molecule has 0 bridgehead atoms. The molecule has 10 heteroatoms. The monoisotopic (exact) mass is 550 g/mol. The van der Waals surface area contributed by atoms with E-state index in [0.29, 0.717) is 10.3 Å². The summed E-state index contributed by atoms with van der Waals surface area (Å²) >= 11 is 1.42. The van der Waals surface area contributed by atoms with E-state index in [-0.39, 0.29) is 0 Å². The van der Waals surface area contributed by atoms with Gasteiger partial charge < -0.3 is 19.1 Å². The van der Waals surface area contributed by atoms with Crippen LogP contribution in [-0.4, -0.2) is 52.8 Å². The Bertz CT molecular complexity index is 1750. The molecule has 0 radical (unpaired) electrons. The predicted octanol–water partition coefficient (Wildman–Crippen LogP) is 5.59. The number of fused-ring (bicyclic) bond motifs is 1. The molecule has 0 atom stereocenters. The summed E-state index contributed by atoms with van der Waals surface area (Å²) in [6.07, 6.45) is 4.00. The molecule has 0 aliphatic carbocycles. The fourth-order valence-electron chi connectivity index (χ4n) is 6.08. The van der Waals surface area contributed by atoms with Crippen LogP contribution in [0.15, 0.2) is 53.5 Å². The van der Waals surface area contributed by atoms with Crippen LogP contribution in [0.5, 0.6) is 0 Å². The number of hydrogen-bond donors (Lipinski definition) is 0. The van der Waals surface area contributed by atoms with Crippen molar-refractivity contribution in [2.75, 3.05) is 47.9 Å². The van der Waals surface area contributed by atoms with E-state index in [9.17, 15) is 5.26 Å². The molecule has 9 nitrogen and oxygen atoms in total. The molecule has 1 spiro atoms. The fraction of sp³-hybridized carbons (Fsp3) is 0.333. The summed E-state index contributed by atoms with van der Waals surface area (Å²) in [7, 11) is 2.03. The topological polar surface area (TPSA) is 89.7 Å². The molecule has 2 saturated heterocycles. The van der Waals surface area contributed by atoms with Crippen LogP contribution in [0.25, 0.3) is 16.8 Å². The molecule has 2 fully saturated rings. The van der Waals surface area contributed by atoms with Gasteiger partial charge >= 0.3 is 0 Å². The zero-order chi connectivity index (χ0) is 27.6. The summed E-state index contributed by atoms with van der Waals surface area (Å²) in [6.45, 7) is 10.4. The van der Waals surface area contributed by atoms with E-state index in [0.717, 1.165) is 77.4 Å². The van der Waals surface area contributed by atoms with Crippen LogP contribution < -0.4 is 14.7 Å². The second-order valence-electron chi connectivity index (χ2n) is 11.1. The minimum absolute atomic E-state index is 0.314. The van der Waals surface area contributed by atoms with Gasteiger partial charge in [0.25, 0.3) is 0 Å². The zero-order valence-electron chi connectivity index (χ0n) is 23.0. The molecule has 5 aromatic rings. The highest BCUT2D eigenvalue weighted by atomic mass is 32.1. The second-order valence-corrected chi connectivity index (χ2v) is 12.0. The van der Waals surface area contributed by atoms with Crippen LogP contribution >= 0.6 is 11.3 Å². The van der Waals surface area contributed by atoms with E-state index in [1.54, 1.807) is 6.26 Å². The Labute approximate surface area is 236 Å². The maximum atomic E-state index is 9.91. The minimum atomic E-state index is 0.314. The first-order chi connectivity index (χ1) is 19.4. The van der Waals surface area contributed by atoms with Gasteiger partial charge in [-0.2, -0.15) is 15.3 Å². The Hall–Kier alpha value is -4.36. The van der Waals surface area contributed by atoms with E-state index in [2.05, 4.69) is 70.8 Å². The van der Waals surface area contributed by atoms with Crippen molar-refractivity contribution in [1.29, 1.82) is 5.26 Å². The number of anilines is 4. The molecule has 7 rings (SSSR count). The molecule has 0 amide bonds. The lowest BCUT2D eigenvalue weighted by Gasteiger charge is -2.61. The van der Waals surface area contributed by atoms with Crippen molar-refractivity contribution in [3.05, 3.63) is 70.9 Å². The number of hydrogen-bond acceptors (Lipinski definition) is 9. The summed E-state index contributed by atoms with van der Waals surface area (Å²) < 4.78 is 7.20. The third-order valence-corrected chi connectivity index (χ3v) is 9.19. The third-order valence-electron chi connectivity index (χ3n) is 8.15. The van der Waals surface area contributed by atoms with Gasteiger partial charge in [-0.3, -0.25) is 0 Å². The van der Waals surface area contributed by atoms with E-state index in [1.807, 2.05) is 23.7 Å². The Kier molecular flexibility index (Phi) is 5.61. The molecular weight excluding hydrogens is 520 g/mol. The first kappa shape index (κ1) is 24.7. The van der Waals surface area contributed by atoms with Gasteiger partial charge in [0.2, 0.25) is 0 Å². The number of nitrogens with zero attached hydrogens (tertiary/aromatic N) is 8. The van der Waals surface area contributed by atoms with Crippen molar-refractivity contribution >= 4 is 39.2 Å². The Morgan fingerprint density at radius 1 is 1.10 bits per heavy atom. The Morgan fingerprint density at radius 2 is 1.85 bits per heavy atom. The van der Waals surface area contributed by atoms with Crippen molar-refractivity contribution < 1.29 is 4.42 Å². The standard InChI is InChI=1S/C30H30N8OS/c1-5-23-28(35(4)29-33-27(25(12-31)40-29)21-8-6-19(2)7-9-21)24-11-22(10-20(3)38(24)34-23)36-14-30(15-36)16-37(17-30)26-13-39-18-32-26/h6-11,13,18H,5,14-17H2,1-4H3. The van der Waals surface area contributed by atoms with E-state index >= 15 is 0 Å². The molecule has 0 N–H and O–H groups in total. The summed E-state index contributed by atoms with van der Waals surface area (Å²) in [4.78, 5) is 16.7. The van der Waals surface area contributed by atoms with Gasteiger partial charge in [-0.05, 0) is 32.4 Å². The number of rotatable bonds is 6. The first-order valence-corrected chi connectivity index (χ1v) is 14.3. The number of pyridine rings is 1. The largest absolute Gasteiger partial charge is 0.449 e. The van der Waals surface area contributed by atoms with Gasteiger partial charge in [0.15, 0.2) is 17.3 Å². The highest BCUT2D eigenvalue weighted by molar-refractivity contribution is 7.16. The number of thiazole rings is 1. The quantitative estimate of drug-likeness (QED) is 0.270. The van der Waals surface area contributed by atoms with Gasteiger partial charge in [0, 0.05) is 55.6 Å². The normalized spacial score (nSPS) is 15.8. The van der Waals surface area contributed by atoms with Crippen molar-refractivity contribution in [3.8, 4) is 17.3 Å². The summed E-state index contributed by atoms with van der Waals surface area (Å²) in [5, 5.41) is 15.7. The molecule has 40 heavy (non-hydrogen) atoms. The summed E-state index contributed by atoms with van der Waals surface area (Å²) in [5.41, 5.74) is 8.59. The van der Waals surface area contributed by atoms with Gasteiger partial charge in [-0.15, -0.1) is 0 Å². The second kappa shape index (κ2) is 9.10. The third kappa shape index (κ3) is 3.84. The van der Waals surface area contributed by atoms with Gasteiger partial charge in [-0.25, -0.2) is 9.50 Å². The molecule has 0 saturated carbocycles. The smallest absolute Gasteiger partial charge is 0.191 e. The van der Waals surface area contributed by atoms with Crippen LogP contribution in [0.1, 0.15) is 28.8 Å². The molecule has 0 unspecified atom stereocenters. The van der Waals surface area contributed by atoms with Gasteiger partial charge in [0.1, 0.15) is 22.9 Å². The number of aryl methyl sites for hydroxylation is 3. The lowest BCUT2D eigenvalue weighted by atomic mass is 9.72. The first-order valence-electron chi connectivity index (χ1n) is 13.5. The molecular formula is C30H30N8OS. The van der Waals surface area contributed by atoms with Crippen LogP contribution in [0.4, 0.5) is 22.3 Å². The van der Waals surface area contributed by atoms with Crippen LogP contribution in [0.3, 0.4) is 0 Å². The summed E-state index contributed by atoms with van der Waals surface area (Å²) in [5.74, 6) is 0.924. The van der Waals surface area contributed by atoms with Crippen LogP contribution in [0.2, 0.25) is 0 Å². The molecule has 6 heterocycles. The van der Waals surface area contributed by atoms with Crippen molar-refractivity contribution in [1.82, 2.24) is 19.6 Å². The lowest BCUT2D eigenvalue weighted by molar-refractivity contribution is 0.156. The number of aromatic nitrogens is 4. The summed E-state index contributed by atoms with van der Waals surface area (Å²) in [6, 6.07) is 15.0. The highest BCUT2D eigenvalue weighted by Crippen LogP contribution is 2.45. The Morgan fingerprint density at radius 3 is 2.52 bits per heavy atom. The minimum Gasteiger partial charge on any atom is -0.449 e. The highest BCUT2D eigenvalue weighted by Gasteiger charge is 2.52. The van der Waals surface area contributed by atoms with E-state index in [4.69, 9.17) is 14.5 Å². The SMILES string of the molecule is CCc1nn2c(C)cc(N3CC4(C3)CN(c3cocn3)C4)cc2c1N(C)c1nc(-c2ccc(C)cc2)c(C#N)s1. The Balaban J connectivity index is 1.20. The molecule has 1 aromatic carbocycles. The lowest BCUT2D eigenvalue weighted by Crippen LogP contribution is -2.72. The van der Waals surface area contributed by atoms with E-state index in [1.165, 1.54) is 29.0 Å². The average molecular weight is 551 g/mol. The van der Waals surface area contributed by atoms with Gasteiger partial charge in [-0.1, -0.05) is 48.1 Å². The fourth-order valence-corrected chi connectivity index (χ4v) is 6.93. The molecule has 2 aliphatic rings. The van der Waals surface area contributed by atoms with Crippen LogP contribution in [0, 0.1) is 30.6 Å².